The molecule has 2 aromatic heterocycles. The standard InChI is InChI=1S/C21H18N2O6/c1-3-10-28-15-5-4-14-11-16(21(27)29-18(14)12-15)20(26)22-7-9-23-8-6-17(24)19(25)13(23)2/h1,4-6,8,11-12,25H,7,9-10H2,2H3,(H,22,26). The number of aromatic nitrogens is 1. The molecular weight excluding hydrogens is 376 g/mol. The van der Waals surface area contributed by atoms with Gasteiger partial charge in [0.25, 0.3) is 5.91 Å². The van der Waals surface area contributed by atoms with Gasteiger partial charge in [-0.05, 0) is 25.1 Å². The van der Waals surface area contributed by atoms with E-state index in [0.29, 0.717) is 23.4 Å². The van der Waals surface area contributed by atoms with Gasteiger partial charge in [-0.25, -0.2) is 4.79 Å². The summed E-state index contributed by atoms with van der Waals surface area (Å²) >= 11 is 0. The van der Waals surface area contributed by atoms with Crippen LogP contribution in [-0.4, -0.2) is 28.7 Å². The zero-order valence-corrected chi connectivity index (χ0v) is 15.6. The fourth-order valence-corrected chi connectivity index (χ4v) is 2.75. The van der Waals surface area contributed by atoms with Crippen LogP contribution in [0, 0.1) is 19.3 Å². The average molecular weight is 394 g/mol. The number of pyridine rings is 1. The Labute approximate surface area is 165 Å². The monoisotopic (exact) mass is 394 g/mol. The van der Waals surface area contributed by atoms with Crippen molar-refractivity contribution in [2.45, 2.75) is 13.5 Å². The summed E-state index contributed by atoms with van der Waals surface area (Å²) in [4.78, 5) is 36.0. The number of ether oxygens (including phenoxy) is 1. The van der Waals surface area contributed by atoms with Crippen molar-refractivity contribution in [2.75, 3.05) is 13.2 Å². The number of amides is 1. The molecule has 0 saturated heterocycles. The first-order valence-corrected chi connectivity index (χ1v) is 8.72. The molecule has 8 nitrogen and oxygen atoms in total. The predicted molar refractivity (Wildman–Crippen MR) is 106 cm³/mol. The summed E-state index contributed by atoms with van der Waals surface area (Å²) in [6.07, 6.45) is 6.67. The first kappa shape index (κ1) is 19.8. The van der Waals surface area contributed by atoms with Crippen LogP contribution in [0.1, 0.15) is 16.1 Å². The molecule has 3 aromatic rings. The van der Waals surface area contributed by atoms with Gasteiger partial charge in [0.05, 0.1) is 5.69 Å². The third-order valence-electron chi connectivity index (χ3n) is 4.33. The summed E-state index contributed by atoms with van der Waals surface area (Å²) in [5.74, 6) is 1.88. The number of nitrogens with zero attached hydrogens (tertiary/aromatic N) is 1. The molecule has 148 valence electrons. The van der Waals surface area contributed by atoms with Crippen molar-refractivity contribution >= 4 is 16.9 Å². The molecule has 0 unspecified atom stereocenters. The molecule has 1 aromatic carbocycles. The number of rotatable bonds is 6. The minimum atomic E-state index is -0.777. The van der Waals surface area contributed by atoms with Crippen molar-refractivity contribution in [1.82, 2.24) is 9.88 Å². The minimum Gasteiger partial charge on any atom is -0.503 e. The number of fused-ring (bicyclic) bond motifs is 1. The third kappa shape index (κ3) is 4.30. The van der Waals surface area contributed by atoms with Gasteiger partial charge in [-0.15, -0.1) is 6.42 Å². The molecule has 3 rings (SSSR count). The lowest BCUT2D eigenvalue weighted by Gasteiger charge is -2.12. The summed E-state index contributed by atoms with van der Waals surface area (Å²) in [5.41, 5.74) is -0.708. The van der Waals surface area contributed by atoms with Crippen LogP contribution in [0.25, 0.3) is 11.0 Å². The van der Waals surface area contributed by atoms with Gasteiger partial charge < -0.3 is 24.1 Å². The number of carbonyl (C=O) groups excluding carboxylic acids is 1. The topological polar surface area (TPSA) is 111 Å². The molecule has 0 aliphatic heterocycles. The van der Waals surface area contributed by atoms with E-state index in [1.54, 1.807) is 23.6 Å². The van der Waals surface area contributed by atoms with Crippen LogP contribution in [0.15, 0.2) is 50.5 Å². The van der Waals surface area contributed by atoms with Crippen molar-refractivity contribution < 1.29 is 19.1 Å². The smallest absolute Gasteiger partial charge is 0.349 e. The lowest BCUT2D eigenvalue weighted by Crippen LogP contribution is -2.31. The van der Waals surface area contributed by atoms with Crippen LogP contribution in [-0.2, 0) is 6.54 Å². The van der Waals surface area contributed by atoms with Gasteiger partial charge in [-0.2, -0.15) is 0 Å². The Bertz CT molecular complexity index is 1230. The van der Waals surface area contributed by atoms with Gasteiger partial charge in [0.15, 0.2) is 5.75 Å². The lowest BCUT2D eigenvalue weighted by atomic mass is 10.1. The number of hydrogen-bond acceptors (Lipinski definition) is 6. The van der Waals surface area contributed by atoms with E-state index in [2.05, 4.69) is 11.2 Å². The number of carbonyl (C=O) groups is 1. The molecule has 0 atom stereocenters. The highest BCUT2D eigenvalue weighted by atomic mass is 16.5. The summed E-state index contributed by atoms with van der Waals surface area (Å²) < 4.78 is 12.1. The SMILES string of the molecule is C#CCOc1ccc2cc(C(=O)NCCn3ccc(=O)c(O)c3C)c(=O)oc2c1. The first-order valence-electron chi connectivity index (χ1n) is 8.72. The van der Waals surface area contributed by atoms with E-state index in [1.165, 1.54) is 24.4 Å². The second-order valence-corrected chi connectivity index (χ2v) is 6.20. The van der Waals surface area contributed by atoms with E-state index in [9.17, 15) is 19.5 Å². The number of aromatic hydroxyl groups is 1. The maximum Gasteiger partial charge on any atom is 0.349 e. The molecule has 0 spiro atoms. The Kier molecular flexibility index (Phi) is 5.69. The largest absolute Gasteiger partial charge is 0.503 e. The second-order valence-electron chi connectivity index (χ2n) is 6.20. The normalized spacial score (nSPS) is 10.5. The van der Waals surface area contributed by atoms with Crippen LogP contribution in [0.3, 0.4) is 0 Å². The number of nitrogens with one attached hydrogen (secondary N) is 1. The highest BCUT2D eigenvalue weighted by Gasteiger charge is 2.14. The van der Waals surface area contributed by atoms with E-state index in [1.807, 2.05) is 0 Å². The third-order valence-corrected chi connectivity index (χ3v) is 4.33. The molecule has 0 aliphatic carbocycles. The molecule has 0 aliphatic rings. The predicted octanol–water partition coefficient (Wildman–Crippen LogP) is 1.41. The van der Waals surface area contributed by atoms with Gasteiger partial charge in [-0.1, -0.05) is 5.92 Å². The Balaban J connectivity index is 1.73. The van der Waals surface area contributed by atoms with Crippen molar-refractivity contribution in [2.24, 2.45) is 0 Å². The number of benzene rings is 1. The summed E-state index contributed by atoms with van der Waals surface area (Å²) in [5, 5.41) is 12.9. The molecule has 0 saturated carbocycles. The summed E-state index contributed by atoms with van der Waals surface area (Å²) in [6.45, 7) is 2.17. The molecule has 29 heavy (non-hydrogen) atoms. The van der Waals surface area contributed by atoms with Crippen LogP contribution in [0.4, 0.5) is 0 Å². The number of hydrogen-bond donors (Lipinski definition) is 2. The van der Waals surface area contributed by atoms with Gasteiger partial charge in [-0.3, -0.25) is 9.59 Å². The summed E-state index contributed by atoms with van der Waals surface area (Å²) in [6, 6.07) is 7.53. The van der Waals surface area contributed by atoms with Crippen molar-refractivity contribution in [3.8, 4) is 23.8 Å². The van der Waals surface area contributed by atoms with E-state index in [4.69, 9.17) is 15.6 Å². The minimum absolute atomic E-state index is 0.0863. The highest BCUT2D eigenvalue weighted by molar-refractivity contribution is 5.96. The van der Waals surface area contributed by atoms with Crippen LogP contribution in [0.2, 0.25) is 0 Å². The lowest BCUT2D eigenvalue weighted by molar-refractivity contribution is 0.0948. The zero-order valence-electron chi connectivity index (χ0n) is 15.6. The van der Waals surface area contributed by atoms with Crippen LogP contribution >= 0.6 is 0 Å². The van der Waals surface area contributed by atoms with Crippen LogP contribution < -0.4 is 21.1 Å². The Morgan fingerprint density at radius 1 is 1.31 bits per heavy atom. The maximum atomic E-state index is 12.4. The van der Waals surface area contributed by atoms with Crippen molar-refractivity contribution in [1.29, 1.82) is 0 Å². The zero-order chi connectivity index (χ0) is 21.0. The van der Waals surface area contributed by atoms with Crippen molar-refractivity contribution in [3.05, 3.63) is 68.4 Å². The summed E-state index contributed by atoms with van der Waals surface area (Å²) in [7, 11) is 0. The number of terminal acetylenes is 1. The Morgan fingerprint density at radius 2 is 2.10 bits per heavy atom. The molecule has 2 heterocycles. The molecule has 0 radical (unpaired) electrons. The Hall–Kier alpha value is -3.99. The molecular formula is C21H18N2O6. The first-order chi connectivity index (χ1) is 13.9. The van der Waals surface area contributed by atoms with Gasteiger partial charge in [0.2, 0.25) is 5.43 Å². The average Bonchev–Trinajstić information content (AvgIpc) is 2.71. The van der Waals surface area contributed by atoms with Gasteiger partial charge >= 0.3 is 5.63 Å². The van der Waals surface area contributed by atoms with Gasteiger partial charge in [0, 0.05) is 36.8 Å². The maximum absolute atomic E-state index is 12.4. The van der Waals surface area contributed by atoms with E-state index < -0.39 is 17.0 Å². The molecule has 0 fully saturated rings. The van der Waals surface area contributed by atoms with E-state index in [-0.39, 0.29) is 30.0 Å². The molecule has 8 heteroatoms. The van der Waals surface area contributed by atoms with Crippen molar-refractivity contribution in [3.63, 3.8) is 0 Å². The molecule has 0 bridgehead atoms. The highest BCUT2D eigenvalue weighted by Crippen LogP contribution is 2.20. The Morgan fingerprint density at radius 3 is 2.86 bits per heavy atom. The van der Waals surface area contributed by atoms with Gasteiger partial charge in [0.1, 0.15) is 23.5 Å². The fraction of sp³-hybridized carbons (Fsp3) is 0.190. The van der Waals surface area contributed by atoms with Crippen LogP contribution in [0.5, 0.6) is 11.5 Å². The molecule has 2 N–H and O–H groups in total. The second kappa shape index (κ2) is 8.35. The van der Waals surface area contributed by atoms with E-state index in [0.717, 1.165) is 0 Å². The van der Waals surface area contributed by atoms with E-state index >= 15 is 0 Å². The fourth-order valence-electron chi connectivity index (χ4n) is 2.75. The molecule has 1 amide bonds. The quantitative estimate of drug-likeness (QED) is 0.483.